The van der Waals surface area contributed by atoms with E-state index in [1.54, 1.807) is 16.9 Å². The minimum Gasteiger partial charge on any atom is -0.481 e. The zero-order valence-electron chi connectivity index (χ0n) is 16.6. The highest BCUT2D eigenvalue weighted by atomic mass is 16.7. The van der Waals surface area contributed by atoms with Gasteiger partial charge in [0.05, 0.1) is 19.3 Å². The predicted molar refractivity (Wildman–Crippen MR) is 114 cm³/mol. The summed E-state index contributed by atoms with van der Waals surface area (Å²) in [4.78, 5) is 5.93. The van der Waals surface area contributed by atoms with E-state index in [1.807, 2.05) is 62.6 Å². The lowest BCUT2D eigenvalue weighted by atomic mass is 10.0. The fourth-order valence-electron chi connectivity index (χ4n) is 2.97. The number of aromatic nitrogens is 2. The van der Waals surface area contributed by atoms with E-state index in [0.717, 1.165) is 34.7 Å². The first-order valence-electron chi connectivity index (χ1n) is 9.15. The second-order valence-electron chi connectivity index (χ2n) is 6.22. The van der Waals surface area contributed by atoms with Crippen molar-refractivity contribution in [3.8, 4) is 22.4 Å². The molecule has 0 bridgehead atoms. The number of nitrogens with zero attached hydrogens (tertiary/aromatic N) is 3. The molecule has 3 aromatic rings. The number of hydroxylamine groups is 1. The molecule has 6 heteroatoms. The Kier molecular flexibility index (Phi) is 6.47. The second-order valence-corrected chi connectivity index (χ2v) is 6.22. The van der Waals surface area contributed by atoms with Gasteiger partial charge in [-0.25, -0.2) is 5.06 Å². The van der Waals surface area contributed by atoms with Gasteiger partial charge in [-0.05, 0) is 19.2 Å². The molecular formula is C22H26N4O2. The summed E-state index contributed by atoms with van der Waals surface area (Å²) in [6, 6.07) is 20.2. The van der Waals surface area contributed by atoms with Crippen LogP contribution in [0.2, 0.25) is 0 Å². The number of methoxy groups -OCH3 is 1. The molecule has 0 aliphatic heterocycles. The van der Waals surface area contributed by atoms with E-state index < -0.39 is 0 Å². The van der Waals surface area contributed by atoms with Crippen LogP contribution in [0.3, 0.4) is 0 Å². The van der Waals surface area contributed by atoms with E-state index in [0.29, 0.717) is 12.5 Å². The Bertz CT molecular complexity index is 907. The van der Waals surface area contributed by atoms with Crippen LogP contribution in [0.15, 0.2) is 67.2 Å². The number of hydrogen-bond donors (Lipinski definition) is 1. The highest BCUT2D eigenvalue weighted by Crippen LogP contribution is 2.40. The number of rotatable bonds is 9. The third-order valence-corrected chi connectivity index (χ3v) is 4.38. The summed E-state index contributed by atoms with van der Waals surface area (Å²) < 4.78 is 7.09. The molecule has 0 amide bonds. The van der Waals surface area contributed by atoms with Crippen LogP contribution in [0.4, 0.5) is 5.82 Å². The molecule has 146 valence electrons. The van der Waals surface area contributed by atoms with Gasteiger partial charge in [0.1, 0.15) is 5.69 Å². The van der Waals surface area contributed by atoms with Crippen molar-refractivity contribution in [2.45, 2.75) is 0 Å². The standard InChI is InChI=1S/C22H26N4O2/c1-17(27-4)26-22(25(3)28-16-15-23-2)20(18-11-7-5-8-12-18)21(24-26)19-13-9-6-10-14-19/h5-14,23H,1,15-16H2,2-4H3. The first-order valence-corrected chi connectivity index (χ1v) is 9.15. The normalized spacial score (nSPS) is 10.7. The molecule has 0 radical (unpaired) electrons. The van der Waals surface area contributed by atoms with Crippen molar-refractivity contribution >= 4 is 11.7 Å². The summed E-state index contributed by atoms with van der Waals surface area (Å²) in [6.45, 7) is 5.26. The van der Waals surface area contributed by atoms with Gasteiger partial charge in [-0.15, -0.1) is 0 Å². The first kappa shape index (κ1) is 19.7. The molecule has 0 aliphatic rings. The first-order chi connectivity index (χ1) is 13.7. The van der Waals surface area contributed by atoms with Gasteiger partial charge in [-0.1, -0.05) is 60.7 Å². The van der Waals surface area contributed by atoms with Crippen molar-refractivity contribution < 1.29 is 9.57 Å². The maximum atomic E-state index is 5.93. The Morgan fingerprint density at radius 1 is 1.07 bits per heavy atom. The van der Waals surface area contributed by atoms with Gasteiger partial charge in [0, 0.05) is 19.2 Å². The van der Waals surface area contributed by atoms with Crippen LogP contribution in [0.1, 0.15) is 0 Å². The van der Waals surface area contributed by atoms with Gasteiger partial charge in [-0.2, -0.15) is 9.78 Å². The van der Waals surface area contributed by atoms with Crippen LogP contribution < -0.4 is 10.4 Å². The summed E-state index contributed by atoms with van der Waals surface area (Å²) in [7, 11) is 5.34. The smallest absolute Gasteiger partial charge is 0.208 e. The highest BCUT2D eigenvalue weighted by molar-refractivity contribution is 5.90. The lowest BCUT2D eigenvalue weighted by Gasteiger charge is -2.22. The molecule has 3 rings (SSSR count). The molecule has 0 fully saturated rings. The number of ether oxygens (including phenoxy) is 1. The van der Waals surface area contributed by atoms with E-state index in [4.69, 9.17) is 14.7 Å². The van der Waals surface area contributed by atoms with Crippen molar-refractivity contribution in [1.82, 2.24) is 15.1 Å². The molecule has 1 aromatic heterocycles. The van der Waals surface area contributed by atoms with Crippen LogP contribution in [-0.2, 0) is 9.57 Å². The quantitative estimate of drug-likeness (QED) is 0.348. The molecule has 0 unspecified atom stereocenters. The SMILES string of the molecule is C=C(OC)n1nc(-c2ccccc2)c(-c2ccccc2)c1N(C)OCCNC. The Morgan fingerprint density at radius 3 is 2.25 bits per heavy atom. The highest BCUT2D eigenvalue weighted by Gasteiger charge is 2.25. The number of likely N-dealkylation sites (N-methyl/N-ethyl adjacent to an activating group) is 1. The Morgan fingerprint density at radius 2 is 1.68 bits per heavy atom. The van der Waals surface area contributed by atoms with Crippen LogP contribution >= 0.6 is 0 Å². The molecule has 1 N–H and O–H groups in total. The van der Waals surface area contributed by atoms with Gasteiger partial charge in [0.15, 0.2) is 5.82 Å². The Balaban J connectivity index is 2.22. The third-order valence-electron chi connectivity index (χ3n) is 4.38. The maximum absolute atomic E-state index is 5.93. The monoisotopic (exact) mass is 378 g/mol. The summed E-state index contributed by atoms with van der Waals surface area (Å²) in [5.41, 5.74) is 3.84. The third kappa shape index (κ3) is 4.08. The summed E-state index contributed by atoms with van der Waals surface area (Å²) in [5.74, 6) is 1.17. The topological polar surface area (TPSA) is 51.5 Å². The van der Waals surface area contributed by atoms with Crippen molar-refractivity contribution in [3.63, 3.8) is 0 Å². The van der Waals surface area contributed by atoms with Gasteiger partial charge >= 0.3 is 0 Å². The molecule has 0 aliphatic carbocycles. The number of nitrogens with one attached hydrogen (secondary N) is 1. The molecule has 2 aromatic carbocycles. The van der Waals surface area contributed by atoms with E-state index in [1.165, 1.54) is 0 Å². The number of hydrogen-bond acceptors (Lipinski definition) is 5. The van der Waals surface area contributed by atoms with E-state index in [2.05, 4.69) is 24.0 Å². The van der Waals surface area contributed by atoms with Crippen molar-refractivity contribution in [2.75, 3.05) is 39.4 Å². The number of anilines is 1. The van der Waals surface area contributed by atoms with E-state index >= 15 is 0 Å². The average Bonchev–Trinajstić information content (AvgIpc) is 3.15. The predicted octanol–water partition coefficient (Wildman–Crippen LogP) is 3.88. The second kappa shape index (κ2) is 9.21. The minimum absolute atomic E-state index is 0.415. The molecule has 0 saturated heterocycles. The molecule has 1 heterocycles. The molecule has 6 nitrogen and oxygen atoms in total. The van der Waals surface area contributed by atoms with Crippen LogP contribution in [-0.4, -0.2) is 44.1 Å². The molecular weight excluding hydrogens is 352 g/mol. The average molecular weight is 378 g/mol. The van der Waals surface area contributed by atoms with Crippen LogP contribution in [0.5, 0.6) is 0 Å². The minimum atomic E-state index is 0.415. The molecule has 0 saturated carbocycles. The molecule has 0 atom stereocenters. The maximum Gasteiger partial charge on any atom is 0.208 e. The van der Waals surface area contributed by atoms with Gasteiger partial charge in [0.25, 0.3) is 0 Å². The van der Waals surface area contributed by atoms with Crippen molar-refractivity contribution in [1.29, 1.82) is 0 Å². The number of benzene rings is 2. The molecule has 28 heavy (non-hydrogen) atoms. The zero-order valence-corrected chi connectivity index (χ0v) is 16.6. The van der Waals surface area contributed by atoms with Crippen LogP contribution in [0, 0.1) is 0 Å². The van der Waals surface area contributed by atoms with E-state index in [9.17, 15) is 0 Å². The lowest BCUT2D eigenvalue weighted by Crippen LogP contribution is -2.26. The fraction of sp³-hybridized carbons (Fsp3) is 0.227. The van der Waals surface area contributed by atoms with Crippen molar-refractivity contribution in [3.05, 3.63) is 67.2 Å². The van der Waals surface area contributed by atoms with Gasteiger partial charge in [0.2, 0.25) is 5.88 Å². The lowest BCUT2D eigenvalue weighted by molar-refractivity contribution is 0.121. The van der Waals surface area contributed by atoms with Gasteiger partial charge in [-0.3, -0.25) is 4.84 Å². The van der Waals surface area contributed by atoms with Gasteiger partial charge < -0.3 is 10.1 Å². The Labute approximate surface area is 166 Å². The van der Waals surface area contributed by atoms with E-state index in [-0.39, 0.29) is 0 Å². The Hall–Kier alpha value is -3.09. The fourth-order valence-corrected chi connectivity index (χ4v) is 2.97. The summed E-state index contributed by atoms with van der Waals surface area (Å²) >= 11 is 0. The molecule has 0 spiro atoms. The summed E-state index contributed by atoms with van der Waals surface area (Å²) in [6.07, 6.45) is 0. The largest absolute Gasteiger partial charge is 0.481 e. The zero-order chi connectivity index (χ0) is 19.9. The van der Waals surface area contributed by atoms with Crippen LogP contribution in [0.25, 0.3) is 28.3 Å². The van der Waals surface area contributed by atoms with Crippen molar-refractivity contribution in [2.24, 2.45) is 0 Å². The summed E-state index contributed by atoms with van der Waals surface area (Å²) in [5, 5.41) is 9.64.